The summed E-state index contributed by atoms with van der Waals surface area (Å²) in [6.07, 6.45) is 0. The van der Waals surface area contributed by atoms with Gasteiger partial charge in [0.15, 0.2) is 17.3 Å². The molecule has 5 heteroatoms. The largest absolute Gasteiger partial charge is 0.504 e. The Morgan fingerprint density at radius 2 is 1.88 bits per heavy atom. The maximum absolute atomic E-state index is 11.3. The normalized spacial score (nSPS) is 9.69. The molecule has 0 heterocycles. The lowest BCUT2D eigenvalue weighted by Crippen LogP contribution is -2.05. The van der Waals surface area contributed by atoms with Gasteiger partial charge in [0.2, 0.25) is 0 Å². The van der Waals surface area contributed by atoms with Crippen molar-refractivity contribution in [1.82, 2.24) is 0 Å². The van der Waals surface area contributed by atoms with Gasteiger partial charge in [0.25, 0.3) is 0 Å². The quantitative estimate of drug-likeness (QED) is 0.620. The number of carbonyl (C=O) groups is 2. The molecule has 0 amide bonds. The van der Waals surface area contributed by atoms with Crippen molar-refractivity contribution < 1.29 is 24.2 Å². The number of esters is 1. The summed E-state index contributed by atoms with van der Waals surface area (Å²) in [5.74, 6) is -1.17. The Hall–Kier alpha value is -2.04. The first kappa shape index (κ1) is 12.0. The van der Waals surface area contributed by atoms with Gasteiger partial charge in [-0.2, -0.15) is 0 Å². The number of Topliss-reactive ketones (excluding diaryl/α,β-unsaturated/α-hetero) is 1. The lowest BCUT2D eigenvalue weighted by atomic mass is 10.1. The van der Waals surface area contributed by atoms with Crippen LogP contribution in [-0.2, 0) is 4.74 Å². The Morgan fingerprint density at radius 1 is 1.25 bits per heavy atom. The van der Waals surface area contributed by atoms with E-state index in [2.05, 4.69) is 4.74 Å². The van der Waals surface area contributed by atoms with E-state index < -0.39 is 5.97 Å². The number of benzene rings is 1. The molecule has 1 N–H and O–H groups in total. The van der Waals surface area contributed by atoms with Gasteiger partial charge < -0.3 is 14.6 Å². The van der Waals surface area contributed by atoms with Gasteiger partial charge in [-0.25, -0.2) is 4.79 Å². The van der Waals surface area contributed by atoms with Gasteiger partial charge in [-0.05, 0) is 19.1 Å². The maximum atomic E-state index is 11.3. The number of carbonyl (C=O) groups excluding carboxylic acids is 2. The van der Waals surface area contributed by atoms with E-state index in [1.807, 2.05) is 0 Å². The number of methoxy groups -OCH3 is 2. The van der Waals surface area contributed by atoms with E-state index in [9.17, 15) is 14.7 Å². The zero-order valence-corrected chi connectivity index (χ0v) is 9.23. The molecule has 86 valence electrons. The van der Waals surface area contributed by atoms with Crippen molar-refractivity contribution >= 4 is 11.8 Å². The van der Waals surface area contributed by atoms with E-state index in [1.165, 1.54) is 33.3 Å². The molecule has 0 aromatic heterocycles. The highest BCUT2D eigenvalue weighted by molar-refractivity contribution is 6.01. The first-order valence-corrected chi connectivity index (χ1v) is 4.51. The first-order valence-electron chi connectivity index (χ1n) is 4.51. The smallest absolute Gasteiger partial charge is 0.338 e. The standard InChI is InChI=1S/C11H12O5/c1-6(12)8-4-7(11(14)16-3)5-9(15-2)10(8)13/h4-5,13H,1-3H3. The van der Waals surface area contributed by atoms with Gasteiger partial charge in [-0.15, -0.1) is 0 Å². The Kier molecular flexibility index (Phi) is 3.50. The van der Waals surface area contributed by atoms with Gasteiger partial charge in [0.05, 0.1) is 25.3 Å². The molecule has 16 heavy (non-hydrogen) atoms. The van der Waals surface area contributed by atoms with E-state index in [4.69, 9.17) is 4.74 Å². The Labute approximate surface area is 92.6 Å². The van der Waals surface area contributed by atoms with Crippen LogP contribution in [0.4, 0.5) is 0 Å². The third-order valence-corrected chi connectivity index (χ3v) is 2.10. The molecular weight excluding hydrogens is 212 g/mol. The van der Waals surface area contributed by atoms with Crippen LogP contribution in [0.2, 0.25) is 0 Å². The summed E-state index contributed by atoms with van der Waals surface area (Å²) < 4.78 is 9.38. The minimum Gasteiger partial charge on any atom is -0.504 e. The highest BCUT2D eigenvalue weighted by Crippen LogP contribution is 2.31. The monoisotopic (exact) mass is 224 g/mol. The average molecular weight is 224 g/mol. The molecule has 0 aliphatic heterocycles. The van der Waals surface area contributed by atoms with Crippen molar-refractivity contribution in [3.63, 3.8) is 0 Å². The van der Waals surface area contributed by atoms with Gasteiger partial charge >= 0.3 is 5.97 Å². The highest BCUT2D eigenvalue weighted by Gasteiger charge is 2.17. The first-order chi connectivity index (χ1) is 7.51. The molecule has 1 aromatic carbocycles. The number of ether oxygens (including phenoxy) is 2. The summed E-state index contributed by atoms with van der Waals surface area (Å²) in [4.78, 5) is 22.5. The molecular formula is C11H12O5. The number of phenols is 1. The minimum atomic E-state index is -0.596. The molecule has 0 saturated carbocycles. The van der Waals surface area contributed by atoms with Gasteiger partial charge in [-0.3, -0.25) is 4.79 Å². The predicted octanol–water partition coefficient (Wildman–Crippen LogP) is 1.39. The van der Waals surface area contributed by atoms with Crippen LogP contribution in [0.25, 0.3) is 0 Å². The summed E-state index contributed by atoms with van der Waals surface area (Å²) in [5, 5.41) is 9.64. The lowest BCUT2D eigenvalue weighted by molar-refractivity contribution is 0.0600. The van der Waals surface area contributed by atoms with Crippen molar-refractivity contribution in [2.24, 2.45) is 0 Å². The minimum absolute atomic E-state index is 0.0275. The number of hydrogen-bond donors (Lipinski definition) is 1. The van der Waals surface area contributed by atoms with E-state index in [0.29, 0.717) is 0 Å². The second-order valence-corrected chi connectivity index (χ2v) is 3.12. The van der Waals surface area contributed by atoms with Crippen LogP contribution in [0.5, 0.6) is 11.5 Å². The second-order valence-electron chi connectivity index (χ2n) is 3.12. The molecule has 0 bridgehead atoms. The van der Waals surface area contributed by atoms with Crippen molar-refractivity contribution in [3.8, 4) is 11.5 Å². The number of phenolic OH excluding ortho intramolecular Hbond substituents is 1. The Morgan fingerprint density at radius 3 is 2.31 bits per heavy atom. The molecule has 0 aliphatic carbocycles. The van der Waals surface area contributed by atoms with Gasteiger partial charge in [0.1, 0.15) is 0 Å². The Bertz CT molecular complexity index is 436. The van der Waals surface area contributed by atoms with Crippen molar-refractivity contribution in [2.75, 3.05) is 14.2 Å². The molecule has 1 aromatic rings. The number of aromatic hydroxyl groups is 1. The molecule has 5 nitrogen and oxygen atoms in total. The fourth-order valence-corrected chi connectivity index (χ4v) is 1.27. The van der Waals surface area contributed by atoms with Crippen molar-refractivity contribution in [3.05, 3.63) is 23.3 Å². The summed E-state index contributed by atoms with van der Waals surface area (Å²) in [7, 11) is 2.56. The SMILES string of the molecule is COC(=O)c1cc(OC)c(O)c(C(C)=O)c1. The van der Waals surface area contributed by atoms with Gasteiger partial charge in [-0.1, -0.05) is 0 Å². The van der Waals surface area contributed by atoms with Crippen LogP contribution < -0.4 is 4.74 Å². The Balaban J connectivity index is 3.40. The second kappa shape index (κ2) is 4.65. The van der Waals surface area contributed by atoms with Crippen LogP contribution in [0.1, 0.15) is 27.6 Å². The molecule has 0 atom stereocenters. The third-order valence-electron chi connectivity index (χ3n) is 2.10. The fourth-order valence-electron chi connectivity index (χ4n) is 1.27. The third kappa shape index (κ3) is 2.13. The molecule has 0 fully saturated rings. The van der Waals surface area contributed by atoms with Crippen LogP contribution >= 0.6 is 0 Å². The fraction of sp³-hybridized carbons (Fsp3) is 0.273. The average Bonchev–Trinajstić information content (AvgIpc) is 2.27. The lowest BCUT2D eigenvalue weighted by Gasteiger charge is -2.09. The van der Waals surface area contributed by atoms with Crippen LogP contribution in [0.15, 0.2) is 12.1 Å². The molecule has 0 saturated heterocycles. The highest BCUT2D eigenvalue weighted by atomic mass is 16.5. The van der Waals surface area contributed by atoms with Crippen molar-refractivity contribution in [2.45, 2.75) is 6.92 Å². The molecule has 0 aliphatic rings. The molecule has 0 radical (unpaired) electrons. The van der Waals surface area contributed by atoms with E-state index in [1.54, 1.807) is 0 Å². The van der Waals surface area contributed by atoms with Crippen LogP contribution in [0, 0.1) is 0 Å². The van der Waals surface area contributed by atoms with Crippen LogP contribution in [0.3, 0.4) is 0 Å². The van der Waals surface area contributed by atoms with E-state index in [0.717, 1.165) is 0 Å². The molecule has 0 spiro atoms. The van der Waals surface area contributed by atoms with E-state index >= 15 is 0 Å². The van der Waals surface area contributed by atoms with Crippen molar-refractivity contribution in [1.29, 1.82) is 0 Å². The summed E-state index contributed by atoms with van der Waals surface area (Å²) >= 11 is 0. The molecule has 1 rings (SSSR count). The molecule has 0 unspecified atom stereocenters. The van der Waals surface area contributed by atoms with Crippen LogP contribution in [-0.4, -0.2) is 31.1 Å². The zero-order chi connectivity index (χ0) is 12.3. The number of hydrogen-bond acceptors (Lipinski definition) is 5. The maximum Gasteiger partial charge on any atom is 0.338 e. The summed E-state index contributed by atoms with van der Waals surface area (Å²) in [5.41, 5.74) is 0.183. The van der Waals surface area contributed by atoms with E-state index in [-0.39, 0.29) is 28.4 Å². The number of ketones is 1. The number of rotatable bonds is 3. The predicted molar refractivity (Wildman–Crippen MR) is 56.0 cm³/mol. The summed E-state index contributed by atoms with van der Waals surface area (Å²) in [6, 6.07) is 2.58. The summed E-state index contributed by atoms with van der Waals surface area (Å²) in [6.45, 7) is 1.29. The zero-order valence-electron chi connectivity index (χ0n) is 9.23. The van der Waals surface area contributed by atoms with Gasteiger partial charge in [0, 0.05) is 0 Å². The topological polar surface area (TPSA) is 72.8 Å².